The van der Waals surface area contributed by atoms with Crippen LogP contribution in [0.1, 0.15) is 10.4 Å². The summed E-state index contributed by atoms with van der Waals surface area (Å²) in [4.78, 5) is 11.6. The van der Waals surface area contributed by atoms with E-state index in [2.05, 4.69) is 25.4 Å². The Balaban J connectivity index is 3.22. The van der Waals surface area contributed by atoms with Gasteiger partial charge >= 0.3 is 0 Å². The van der Waals surface area contributed by atoms with E-state index in [1.807, 2.05) is 0 Å². The number of methoxy groups -OCH3 is 2. The van der Waals surface area contributed by atoms with Gasteiger partial charge in [-0.1, -0.05) is 0 Å². The van der Waals surface area contributed by atoms with Crippen molar-refractivity contribution in [1.29, 1.82) is 0 Å². The average molecular weight is 295 g/mol. The van der Waals surface area contributed by atoms with Crippen molar-refractivity contribution in [1.82, 2.24) is 0 Å². The molecule has 0 saturated carbocycles. The van der Waals surface area contributed by atoms with E-state index in [0.717, 1.165) is 6.07 Å². The Kier molecular flexibility index (Phi) is 4.52. The summed E-state index contributed by atoms with van der Waals surface area (Å²) in [6.07, 6.45) is -1.32. The average Bonchev–Trinajstić information content (AvgIpc) is 2.26. The molecule has 0 aliphatic rings. The van der Waals surface area contributed by atoms with Crippen LogP contribution in [0.25, 0.3) is 0 Å². The Morgan fingerprint density at radius 1 is 1.31 bits per heavy atom. The van der Waals surface area contributed by atoms with Gasteiger partial charge in [0.15, 0.2) is 5.82 Å². The fourth-order valence-electron chi connectivity index (χ4n) is 1.18. The summed E-state index contributed by atoms with van der Waals surface area (Å²) >= 11 is 2.87. The Morgan fingerprint density at radius 2 is 1.88 bits per heavy atom. The predicted molar refractivity (Wildman–Crippen MR) is 56.2 cm³/mol. The first-order valence-electron chi connectivity index (χ1n) is 4.26. The van der Waals surface area contributed by atoms with Crippen molar-refractivity contribution in [3.8, 4) is 0 Å². The molecule has 0 N–H and O–H groups in total. The second-order valence-corrected chi connectivity index (χ2v) is 3.74. The van der Waals surface area contributed by atoms with Crippen molar-refractivity contribution in [2.75, 3.05) is 14.2 Å². The highest BCUT2D eigenvalue weighted by atomic mass is 79.9. The minimum absolute atomic E-state index is 0.00297. The maximum absolute atomic E-state index is 13.5. The number of rotatable bonds is 4. The third-order valence-corrected chi connectivity index (χ3v) is 2.55. The molecule has 1 aromatic carbocycles. The molecule has 1 aromatic rings. The molecule has 0 unspecified atom stereocenters. The number of ketones is 1. The van der Waals surface area contributed by atoms with Crippen molar-refractivity contribution in [3.05, 3.63) is 33.8 Å². The molecule has 0 heterocycles. The largest absolute Gasteiger partial charge is 0.349 e. The van der Waals surface area contributed by atoms with Gasteiger partial charge in [-0.3, -0.25) is 4.79 Å². The summed E-state index contributed by atoms with van der Waals surface area (Å²) in [5, 5.41) is 0. The lowest BCUT2D eigenvalue weighted by Crippen LogP contribution is -2.27. The SMILES string of the molecule is COC(OC)C(=O)c1c(F)ccc(Br)c1F. The van der Waals surface area contributed by atoms with Gasteiger partial charge in [-0.25, -0.2) is 8.78 Å². The summed E-state index contributed by atoms with van der Waals surface area (Å²) in [7, 11) is 2.42. The molecule has 1 rings (SSSR count). The number of Topliss-reactive ketones (excluding diaryl/α,β-unsaturated/α-hetero) is 1. The molecule has 0 aliphatic heterocycles. The van der Waals surface area contributed by atoms with E-state index in [1.54, 1.807) is 0 Å². The standard InChI is InChI=1S/C10H9BrF2O3/c1-15-10(16-2)9(14)7-6(12)4-3-5(11)8(7)13/h3-4,10H,1-2H3. The molecule has 0 aliphatic carbocycles. The highest BCUT2D eigenvalue weighted by Crippen LogP contribution is 2.23. The summed E-state index contributed by atoms with van der Waals surface area (Å²) < 4.78 is 36.1. The van der Waals surface area contributed by atoms with Gasteiger partial charge in [0.1, 0.15) is 5.82 Å². The van der Waals surface area contributed by atoms with Crippen LogP contribution in [0.2, 0.25) is 0 Å². The number of carbonyl (C=O) groups is 1. The molecular formula is C10H9BrF2O3. The first-order chi connectivity index (χ1) is 7.52. The van der Waals surface area contributed by atoms with Gasteiger partial charge in [0, 0.05) is 14.2 Å². The molecule has 0 bridgehead atoms. The van der Waals surface area contributed by atoms with Gasteiger partial charge in [0.25, 0.3) is 0 Å². The molecular weight excluding hydrogens is 286 g/mol. The normalized spacial score (nSPS) is 10.9. The van der Waals surface area contributed by atoms with E-state index in [9.17, 15) is 13.6 Å². The van der Waals surface area contributed by atoms with E-state index in [0.29, 0.717) is 0 Å². The van der Waals surface area contributed by atoms with Crippen molar-refractivity contribution in [2.24, 2.45) is 0 Å². The molecule has 0 amide bonds. The van der Waals surface area contributed by atoms with E-state index < -0.39 is 29.3 Å². The van der Waals surface area contributed by atoms with Crippen molar-refractivity contribution in [2.45, 2.75) is 6.29 Å². The van der Waals surface area contributed by atoms with Gasteiger partial charge in [-0.15, -0.1) is 0 Å². The minimum Gasteiger partial charge on any atom is -0.349 e. The van der Waals surface area contributed by atoms with Crippen LogP contribution in [0, 0.1) is 11.6 Å². The van der Waals surface area contributed by atoms with E-state index in [4.69, 9.17) is 0 Å². The van der Waals surface area contributed by atoms with Gasteiger partial charge in [0.2, 0.25) is 12.1 Å². The van der Waals surface area contributed by atoms with Gasteiger partial charge in [-0.2, -0.15) is 0 Å². The van der Waals surface area contributed by atoms with Crippen LogP contribution >= 0.6 is 15.9 Å². The van der Waals surface area contributed by atoms with E-state index >= 15 is 0 Å². The lowest BCUT2D eigenvalue weighted by molar-refractivity contribution is -0.0745. The maximum Gasteiger partial charge on any atom is 0.224 e. The molecule has 88 valence electrons. The van der Waals surface area contributed by atoms with Crippen LogP contribution in [0.15, 0.2) is 16.6 Å². The van der Waals surface area contributed by atoms with E-state index in [-0.39, 0.29) is 4.47 Å². The molecule has 0 atom stereocenters. The zero-order chi connectivity index (χ0) is 12.3. The molecule has 3 nitrogen and oxygen atoms in total. The quantitative estimate of drug-likeness (QED) is 0.486. The van der Waals surface area contributed by atoms with Crippen molar-refractivity contribution < 1.29 is 23.0 Å². The summed E-state index contributed by atoms with van der Waals surface area (Å²) in [6.45, 7) is 0. The first-order valence-corrected chi connectivity index (χ1v) is 5.05. The summed E-state index contributed by atoms with van der Waals surface area (Å²) in [5.74, 6) is -2.82. The highest BCUT2D eigenvalue weighted by Gasteiger charge is 2.26. The molecule has 0 radical (unpaired) electrons. The summed E-state index contributed by atoms with van der Waals surface area (Å²) in [5.41, 5.74) is -0.678. The summed E-state index contributed by atoms with van der Waals surface area (Å²) in [6, 6.07) is 2.17. The second-order valence-electron chi connectivity index (χ2n) is 2.89. The number of hydrogen-bond acceptors (Lipinski definition) is 3. The van der Waals surface area contributed by atoms with Gasteiger partial charge in [-0.05, 0) is 28.1 Å². The number of ether oxygens (including phenoxy) is 2. The van der Waals surface area contributed by atoms with Crippen LogP contribution in [0.4, 0.5) is 8.78 Å². The van der Waals surface area contributed by atoms with Gasteiger partial charge < -0.3 is 9.47 Å². The molecule has 0 fully saturated rings. The number of benzene rings is 1. The Labute approximate surface area is 99.5 Å². The van der Waals surface area contributed by atoms with Crippen LogP contribution in [0.3, 0.4) is 0 Å². The minimum atomic E-state index is -1.32. The van der Waals surface area contributed by atoms with Gasteiger partial charge in [0.05, 0.1) is 10.0 Å². The van der Waals surface area contributed by atoms with E-state index in [1.165, 1.54) is 20.3 Å². The lowest BCUT2D eigenvalue weighted by Gasteiger charge is -2.13. The fourth-order valence-corrected chi connectivity index (χ4v) is 1.51. The topological polar surface area (TPSA) is 35.5 Å². The van der Waals surface area contributed by atoms with Crippen molar-refractivity contribution >= 4 is 21.7 Å². The highest BCUT2D eigenvalue weighted by molar-refractivity contribution is 9.10. The predicted octanol–water partition coefficient (Wildman–Crippen LogP) is 2.53. The van der Waals surface area contributed by atoms with Crippen LogP contribution < -0.4 is 0 Å². The fraction of sp³-hybridized carbons (Fsp3) is 0.300. The third-order valence-electron chi connectivity index (χ3n) is 1.93. The zero-order valence-electron chi connectivity index (χ0n) is 8.59. The maximum atomic E-state index is 13.5. The third kappa shape index (κ3) is 2.45. The van der Waals surface area contributed by atoms with Crippen LogP contribution in [-0.2, 0) is 9.47 Å². The second kappa shape index (κ2) is 5.47. The smallest absolute Gasteiger partial charge is 0.224 e. The zero-order valence-corrected chi connectivity index (χ0v) is 10.2. The molecule has 16 heavy (non-hydrogen) atoms. The monoisotopic (exact) mass is 294 g/mol. The Morgan fingerprint density at radius 3 is 2.38 bits per heavy atom. The number of carbonyl (C=O) groups excluding carboxylic acids is 1. The molecule has 6 heteroatoms. The first kappa shape index (κ1) is 13.2. The Hall–Kier alpha value is -0.850. The van der Waals surface area contributed by atoms with Crippen LogP contribution in [0.5, 0.6) is 0 Å². The number of halogens is 3. The number of hydrogen-bond donors (Lipinski definition) is 0. The molecule has 0 saturated heterocycles. The lowest BCUT2D eigenvalue weighted by atomic mass is 10.1. The molecule has 0 aromatic heterocycles. The Bertz CT molecular complexity index is 405. The van der Waals surface area contributed by atoms with Crippen LogP contribution in [-0.4, -0.2) is 26.3 Å². The molecule has 0 spiro atoms. The van der Waals surface area contributed by atoms with Crippen molar-refractivity contribution in [3.63, 3.8) is 0 Å².